The number of aromatic nitrogens is 1. The Morgan fingerprint density at radius 1 is 1.15 bits per heavy atom. The van der Waals surface area contributed by atoms with Crippen molar-refractivity contribution >= 4 is 29.1 Å². The summed E-state index contributed by atoms with van der Waals surface area (Å²) in [5, 5.41) is 11.5. The van der Waals surface area contributed by atoms with Gasteiger partial charge in [-0.05, 0) is 43.5 Å². The van der Waals surface area contributed by atoms with Crippen molar-refractivity contribution < 1.29 is 24.2 Å². The zero-order valence-electron chi connectivity index (χ0n) is 19.0. The van der Waals surface area contributed by atoms with E-state index < -0.39 is 12.1 Å². The minimum Gasteiger partial charge on any atom is -0.494 e. The molecule has 2 aliphatic rings. The van der Waals surface area contributed by atoms with Crippen LogP contribution in [-0.4, -0.2) is 83.0 Å². The summed E-state index contributed by atoms with van der Waals surface area (Å²) in [6, 6.07) is 6.59. The maximum absolute atomic E-state index is 12.9. The van der Waals surface area contributed by atoms with Crippen molar-refractivity contribution in [3.05, 3.63) is 46.4 Å². The van der Waals surface area contributed by atoms with Crippen molar-refractivity contribution in [1.29, 1.82) is 0 Å². The highest BCUT2D eigenvalue weighted by Crippen LogP contribution is 2.32. The molecule has 2 N–H and O–H groups in total. The van der Waals surface area contributed by atoms with E-state index in [-0.39, 0.29) is 17.6 Å². The second-order valence-corrected chi connectivity index (χ2v) is 9.68. The molecule has 182 valence electrons. The van der Waals surface area contributed by atoms with Crippen molar-refractivity contribution in [3.63, 3.8) is 0 Å². The van der Waals surface area contributed by atoms with Crippen LogP contribution in [0.5, 0.6) is 5.75 Å². The molecule has 4 rings (SSSR count). The molecule has 1 atom stereocenters. The SMILES string of the molecule is O=C(O)N[C@H](Cc1cncs1)C(=O)N1CCN(CCCOc2ccc(C(=O)C3CC3)cc2)CC1. The molecule has 1 aliphatic carbocycles. The van der Waals surface area contributed by atoms with Gasteiger partial charge < -0.3 is 20.1 Å². The number of hydrogen-bond acceptors (Lipinski definition) is 7. The molecule has 1 saturated carbocycles. The van der Waals surface area contributed by atoms with Crippen LogP contribution in [0.1, 0.15) is 34.5 Å². The van der Waals surface area contributed by atoms with E-state index in [2.05, 4.69) is 15.2 Å². The van der Waals surface area contributed by atoms with Gasteiger partial charge in [0.25, 0.3) is 0 Å². The maximum atomic E-state index is 12.9. The zero-order chi connectivity index (χ0) is 23.9. The van der Waals surface area contributed by atoms with Crippen molar-refractivity contribution in [2.75, 3.05) is 39.3 Å². The monoisotopic (exact) mass is 486 g/mol. The number of carboxylic acid groups (broad SMARTS) is 1. The van der Waals surface area contributed by atoms with Gasteiger partial charge in [0.1, 0.15) is 11.8 Å². The summed E-state index contributed by atoms with van der Waals surface area (Å²) < 4.78 is 5.82. The van der Waals surface area contributed by atoms with E-state index in [1.54, 1.807) is 16.6 Å². The summed E-state index contributed by atoms with van der Waals surface area (Å²) in [5.41, 5.74) is 2.43. The molecule has 2 amide bonds. The fourth-order valence-electron chi connectivity index (χ4n) is 4.08. The molecule has 9 nitrogen and oxygen atoms in total. The van der Waals surface area contributed by atoms with Gasteiger partial charge in [0, 0.05) is 61.7 Å². The van der Waals surface area contributed by atoms with Crippen molar-refractivity contribution in [2.45, 2.75) is 31.7 Å². The van der Waals surface area contributed by atoms with Gasteiger partial charge in [-0.3, -0.25) is 19.5 Å². The van der Waals surface area contributed by atoms with Crippen LogP contribution in [0.4, 0.5) is 4.79 Å². The van der Waals surface area contributed by atoms with E-state index in [4.69, 9.17) is 9.84 Å². The number of carbonyl (C=O) groups is 3. The predicted molar refractivity (Wildman–Crippen MR) is 127 cm³/mol. The standard InChI is InChI=1S/C24H30N4O5S/c29-22(17-2-3-17)18-4-6-19(7-5-18)33-13-1-8-27-9-11-28(12-10-27)23(30)21(26-24(31)32)14-20-15-25-16-34-20/h4-7,15-17,21,26H,1-3,8-14H2,(H,31,32)/t21-/m1/s1. The second-order valence-electron chi connectivity index (χ2n) is 8.71. The third-order valence-corrected chi connectivity index (χ3v) is 6.94. The van der Waals surface area contributed by atoms with Gasteiger partial charge in [0.05, 0.1) is 12.1 Å². The quantitative estimate of drug-likeness (QED) is 0.371. The lowest BCUT2D eigenvalue weighted by Gasteiger charge is -2.36. The molecule has 10 heteroatoms. The second kappa shape index (κ2) is 11.4. The Balaban J connectivity index is 1.16. The lowest BCUT2D eigenvalue weighted by molar-refractivity contribution is -0.135. The summed E-state index contributed by atoms with van der Waals surface area (Å²) in [4.78, 5) is 45.0. The molecule has 0 spiro atoms. The molecular weight excluding hydrogens is 456 g/mol. The van der Waals surface area contributed by atoms with Gasteiger partial charge in [-0.25, -0.2) is 4.79 Å². The highest BCUT2D eigenvalue weighted by atomic mass is 32.1. The molecule has 0 radical (unpaired) electrons. The van der Waals surface area contributed by atoms with Crippen LogP contribution in [0.3, 0.4) is 0 Å². The van der Waals surface area contributed by atoms with Crippen LogP contribution in [0, 0.1) is 5.92 Å². The third kappa shape index (κ3) is 6.77. The molecule has 2 aromatic rings. The highest BCUT2D eigenvalue weighted by Gasteiger charge is 2.30. The van der Waals surface area contributed by atoms with E-state index in [0.717, 1.165) is 55.1 Å². The number of benzene rings is 1. The lowest BCUT2D eigenvalue weighted by Crippen LogP contribution is -2.55. The number of rotatable bonds is 11. The molecule has 1 aromatic heterocycles. The van der Waals surface area contributed by atoms with Gasteiger partial charge in [-0.1, -0.05) is 0 Å². The fourth-order valence-corrected chi connectivity index (χ4v) is 4.72. The summed E-state index contributed by atoms with van der Waals surface area (Å²) in [6.45, 7) is 4.05. The summed E-state index contributed by atoms with van der Waals surface area (Å²) >= 11 is 1.41. The van der Waals surface area contributed by atoms with Gasteiger partial charge in [0.15, 0.2) is 5.78 Å². The average molecular weight is 487 g/mol. The third-order valence-electron chi connectivity index (χ3n) is 6.14. The molecule has 0 bridgehead atoms. The first kappa shape index (κ1) is 24.2. The van der Waals surface area contributed by atoms with E-state index in [9.17, 15) is 14.4 Å². The average Bonchev–Trinajstić information content (AvgIpc) is 3.57. The first-order chi connectivity index (χ1) is 16.5. The van der Waals surface area contributed by atoms with E-state index in [1.807, 2.05) is 24.3 Å². The van der Waals surface area contributed by atoms with Crippen molar-refractivity contribution in [1.82, 2.24) is 20.1 Å². The molecule has 0 unspecified atom stereocenters. The number of ketones is 1. The first-order valence-corrected chi connectivity index (χ1v) is 12.5. The number of amides is 2. The maximum Gasteiger partial charge on any atom is 0.405 e. The summed E-state index contributed by atoms with van der Waals surface area (Å²) in [6.07, 6.45) is 3.63. The zero-order valence-corrected chi connectivity index (χ0v) is 19.8. The Labute approximate surface area is 202 Å². The van der Waals surface area contributed by atoms with E-state index in [0.29, 0.717) is 26.1 Å². The van der Waals surface area contributed by atoms with Gasteiger partial charge in [-0.2, -0.15) is 0 Å². The fraction of sp³-hybridized carbons (Fsp3) is 0.500. The van der Waals surface area contributed by atoms with Crippen LogP contribution in [-0.2, 0) is 11.2 Å². The van der Waals surface area contributed by atoms with Gasteiger partial charge >= 0.3 is 6.09 Å². The molecule has 2 fully saturated rings. The summed E-state index contributed by atoms with van der Waals surface area (Å²) in [5.74, 6) is 1.03. The number of thiazole rings is 1. The van der Waals surface area contributed by atoms with Gasteiger partial charge in [0.2, 0.25) is 5.91 Å². The Kier molecular flexibility index (Phi) is 8.12. The topological polar surface area (TPSA) is 112 Å². The van der Waals surface area contributed by atoms with Crippen LogP contribution >= 0.6 is 11.3 Å². The Morgan fingerprint density at radius 3 is 2.50 bits per heavy atom. The molecule has 2 heterocycles. The number of piperazine rings is 1. The number of ether oxygens (including phenoxy) is 1. The predicted octanol–water partition coefficient (Wildman–Crippen LogP) is 2.53. The molecule has 1 saturated heterocycles. The molecule has 1 aliphatic heterocycles. The Bertz CT molecular complexity index is 970. The van der Waals surface area contributed by atoms with Crippen LogP contribution in [0.2, 0.25) is 0 Å². The summed E-state index contributed by atoms with van der Waals surface area (Å²) in [7, 11) is 0. The number of nitrogens with zero attached hydrogens (tertiary/aromatic N) is 3. The number of hydrogen-bond donors (Lipinski definition) is 2. The number of Topliss-reactive ketones (excluding diaryl/α,β-unsaturated/α-hetero) is 1. The van der Waals surface area contributed by atoms with Crippen LogP contribution in [0.25, 0.3) is 0 Å². The lowest BCUT2D eigenvalue weighted by atomic mass is 10.1. The number of carbonyl (C=O) groups excluding carboxylic acids is 2. The minimum absolute atomic E-state index is 0.192. The van der Waals surface area contributed by atoms with E-state index in [1.165, 1.54) is 11.3 Å². The Hall–Kier alpha value is -2.98. The minimum atomic E-state index is -1.20. The van der Waals surface area contributed by atoms with Crippen molar-refractivity contribution in [2.24, 2.45) is 5.92 Å². The number of nitrogens with one attached hydrogen (secondary N) is 1. The van der Waals surface area contributed by atoms with Crippen LogP contribution < -0.4 is 10.1 Å². The molecule has 1 aromatic carbocycles. The normalized spacial score (nSPS) is 17.2. The van der Waals surface area contributed by atoms with Gasteiger partial charge in [-0.15, -0.1) is 11.3 Å². The first-order valence-electron chi connectivity index (χ1n) is 11.6. The van der Waals surface area contributed by atoms with E-state index >= 15 is 0 Å². The molecule has 34 heavy (non-hydrogen) atoms. The highest BCUT2D eigenvalue weighted by molar-refractivity contribution is 7.09. The largest absolute Gasteiger partial charge is 0.494 e. The van der Waals surface area contributed by atoms with Crippen LogP contribution in [0.15, 0.2) is 36.0 Å². The smallest absolute Gasteiger partial charge is 0.405 e. The van der Waals surface area contributed by atoms with Crippen molar-refractivity contribution in [3.8, 4) is 5.75 Å². The Morgan fingerprint density at radius 2 is 1.88 bits per heavy atom. The molecular formula is C24H30N4O5S.